The fourth-order valence-corrected chi connectivity index (χ4v) is 2.24. The zero-order chi connectivity index (χ0) is 11.6. The van der Waals surface area contributed by atoms with Crippen LogP contribution >= 0.6 is 0 Å². The highest BCUT2D eigenvalue weighted by Gasteiger charge is 2.28. The maximum atomic E-state index is 5.78. The summed E-state index contributed by atoms with van der Waals surface area (Å²) in [5.41, 5.74) is 7.10. The molecule has 3 nitrogen and oxygen atoms in total. The van der Waals surface area contributed by atoms with E-state index in [0.29, 0.717) is 5.41 Å². The second kappa shape index (κ2) is 4.32. The van der Waals surface area contributed by atoms with Crippen molar-refractivity contribution in [3.63, 3.8) is 0 Å². The number of aromatic nitrogens is 1. The number of hydrogen-bond donors (Lipinski definition) is 1. The smallest absolute Gasteiger partial charge is 0.130 e. The molecule has 0 aliphatic carbocycles. The first kappa shape index (κ1) is 11.2. The molecule has 0 saturated carbocycles. The van der Waals surface area contributed by atoms with Gasteiger partial charge < -0.3 is 10.6 Å². The van der Waals surface area contributed by atoms with Crippen molar-refractivity contribution < 1.29 is 0 Å². The second-order valence-electron chi connectivity index (χ2n) is 5.10. The summed E-state index contributed by atoms with van der Waals surface area (Å²) in [7, 11) is 0. The van der Waals surface area contributed by atoms with Gasteiger partial charge in [-0.3, -0.25) is 0 Å². The maximum Gasteiger partial charge on any atom is 0.130 e. The van der Waals surface area contributed by atoms with Crippen LogP contribution in [0.25, 0.3) is 0 Å². The van der Waals surface area contributed by atoms with Crippen LogP contribution in [0, 0.1) is 5.41 Å². The Bertz CT molecular complexity index is 354. The average molecular weight is 219 g/mol. The average Bonchev–Trinajstić information content (AvgIpc) is 2.30. The lowest BCUT2D eigenvalue weighted by Gasteiger charge is -2.39. The lowest BCUT2D eigenvalue weighted by molar-refractivity contribution is 0.238. The Labute approximate surface area is 97.7 Å². The Morgan fingerprint density at radius 3 is 2.69 bits per heavy atom. The Kier molecular flexibility index (Phi) is 3.03. The zero-order valence-corrected chi connectivity index (χ0v) is 10.2. The number of piperidine rings is 1. The van der Waals surface area contributed by atoms with Gasteiger partial charge in [-0.15, -0.1) is 0 Å². The Balaban J connectivity index is 2.04. The van der Waals surface area contributed by atoms with Gasteiger partial charge in [-0.05, 0) is 24.3 Å². The lowest BCUT2D eigenvalue weighted by atomic mass is 9.78. The largest absolute Gasteiger partial charge is 0.399 e. The summed E-state index contributed by atoms with van der Waals surface area (Å²) in [6.45, 7) is 6.87. The van der Waals surface area contributed by atoms with E-state index in [4.69, 9.17) is 5.73 Å². The normalized spacial score (nSPS) is 19.8. The molecule has 0 spiro atoms. The van der Waals surface area contributed by atoms with Gasteiger partial charge in [-0.2, -0.15) is 0 Å². The van der Waals surface area contributed by atoms with E-state index >= 15 is 0 Å². The Morgan fingerprint density at radius 1 is 1.44 bits per heavy atom. The van der Waals surface area contributed by atoms with E-state index in [9.17, 15) is 0 Å². The zero-order valence-electron chi connectivity index (χ0n) is 10.2. The van der Waals surface area contributed by atoms with Gasteiger partial charge in [0.25, 0.3) is 0 Å². The molecule has 16 heavy (non-hydrogen) atoms. The van der Waals surface area contributed by atoms with E-state index in [1.807, 2.05) is 12.1 Å². The predicted octanol–water partition coefficient (Wildman–Crippen LogP) is 2.68. The third-order valence-electron chi connectivity index (χ3n) is 3.92. The minimum atomic E-state index is 0.525. The van der Waals surface area contributed by atoms with Gasteiger partial charge in [0.15, 0.2) is 0 Å². The Hall–Kier alpha value is -1.25. The van der Waals surface area contributed by atoms with Crippen LogP contribution < -0.4 is 10.6 Å². The van der Waals surface area contributed by atoms with Crippen molar-refractivity contribution in [2.45, 2.75) is 33.1 Å². The summed E-state index contributed by atoms with van der Waals surface area (Å²) in [6, 6.07) is 3.80. The highest BCUT2D eigenvalue weighted by atomic mass is 15.2. The maximum absolute atomic E-state index is 5.78. The van der Waals surface area contributed by atoms with E-state index in [0.717, 1.165) is 24.6 Å². The number of nitrogens with two attached hydrogens (primary N) is 1. The number of pyridine rings is 1. The molecule has 2 rings (SSSR count). The molecule has 0 bridgehead atoms. The third-order valence-corrected chi connectivity index (χ3v) is 3.92. The quantitative estimate of drug-likeness (QED) is 0.831. The minimum Gasteiger partial charge on any atom is -0.399 e. The van der Waals surface area contributed by atoms with Crippen LogP contribution in [0.2, 0.25) is 0 Å². The number of nitrogen functional groups attached to an aromatic ring is 1. The van der Waals surface area contributed by atoms with Gasteiger partial charge in [-0.25, -0.2) is 4.98 Å². The standard InChI is InChI=1S/C13H21N3/c1-3-13(2)5-8-16(9-6-13)12-10-11(14)4-7-15-12/h4,7,10H,3,5-6,8-9H2,1-2H3,(H2,14,15). The van der Waals surface area contributed by atoms with Crippen LogP contribution in [0.3, 0.4) is 0 Å². The number of anilines is 2. The van der Waals surface area contributed by atoms with Crippen LogP contribution in [0.5, 0.6) is 0 Å². The molecule has 0 radical (unpaired) electrons. The summed E-state index contributed by atoms with van der Waals surface area (Å²) in [4.78, 5) is 6.72. The highest BCUT2D eigenvalue weighted by Crippen LogP contribution is 2.35. The molecule has 1 saturated heterocycles. The first-order valence-electron chi connectivity index (χ1n) is 6.09. The van der Waals surface area contributed by atoms with Crippen molar-refractivity contribution in [1.29, 1.82) is 0 Å². The van der Waals surface area contributed by atoms with Crippen molar-refractivity contribution in [2.75, 3.05) is 23.7 Å². The SMILES string of the molecule is CCC1(C)CCN(c2cc(N)ccn2)CC1. The van der Waals surface area contributed by atoms with Gasteiger partial charge in [0, 0.05) is 31.0 Å². The van der Waals surface area contributed by atoms with Gasteiger partial charge in [-0.1, -0.05) is 20.3 Å². The summed E-state index contributed by atoms with van der Waals surface area (Å²) >= 11 is 0. The van der Waals surface area contributed by atoms with Gasteiger partial charge >= 0.3 is 0 Å². The third kappa shape index (κ3) is 2.29. The van der Waals surface area contributed by atoms with Crippen LogP contribution in [0.4, 0.5) is 11.5 Å². The summed E-state index contributed by atoms with van der Waals surface area (Å²) < 4.78 is 0. The molecule has 1 aliphatic rings. The molecule has 1 aromatic rings. The van der Waals surface area contributed by atoms with Gasteiger partial charge in [0.1, 0.15) is 5.82 Å². The number of rotatable bonds is 2. The summed E-state index contributed by atoms with van der Waals surface area (Å²) in [5, 5.41) is 0. The molecule has 1 aliphatic heterocycles. The molecule has 0 amide bonds. The molecule has 88 valence electrons. The summed E-state index contributed by atoms with van der Waals surface area (Å²) in [6.07, 6.45) is 5.56. The van der Waals surface area contributed by atoms with Crippen LogP contribution in [-0.4, -0.2) is 18.1 Å². The van der Waals surface area contributed by atoms with Gasteiger partial charge in [0.05, 0.1) is 0 Å². The lowest BCUT2D eigenvalue weighted by Crippen LogP contribution is -2.38. The van der Waals surface area contributed by atoms with Crippen molar-refractivity contribution in [2.24, 2.45) is 5.41 Å². The van der Waals surface area contributed by atoms with E-state index in [1.165, 1.54) is 19.3 Å². The van der Waals surface area contributed by atoms with E-state index in [-0.39, 0.29) is 0 Å². The predicted molar refractivity (Wildman–Crippen MR) is 68.5 cm³/mol. The second-order valence-corrected chi connectivity index (χ2v) is 5.10. The van der Waals surface area contributed by atoms with Crippen molar-refractivity contribution in [3.8, 4) is 0 Å². The monoisotopic (exact) mass is 219 g/mol. The molecule has 0 atom stereocenters. The molecule has 3 heteroatoms. The number of nitrogens with zero attached hydrogens (tertiary/aromatic N) is 2. The molecule has 0 aromatic carbocycles. The van der Waals surface area contributed by atoms with Crippen molar-refractivity contribution in [3.05, 3.63) is 18.3 Å². The summed E-state index contributed by atoms with van der Waals surface area (Å²) in [5.74, 6) is 1.03. The molecule has 1 fully saturated rings. The van der Waals surface area contributed by atoms with Crippen LogP contribution in [0.15, 0.2) is 18.3 Å². The highest BCUT2D eigenvalue weighted by molar-refractivity contribution is 5.50. The molecular formula is C13H21N3. The topological polar surface area (TPSA) is 42.1 Å². The minimum absolute atomic E-state index is 0.525. The van der Waals surface area contributed by atoms with Crippen LogP contribution in [0.1, 0.15) is 33.1 Å². The molecular weight excluding hydrogens is 198 g/mol. The van der Waals surface area contributed by atoms with Crippen molar-refractivity contribution >= 4 is 11.5 Å². The van der Waals surface area contributed by atoms with E-state index < -0.39 is 0 Å². The molecule has 0 unspecified atom stereocenters. The van der Waals surface area contributed by atoms with Crippen molar-refractivity contribution in [1.82, 2.24) is 4.98 Å². The molecule has 1 aromatic heterocycles. The fraction of sp³-hybridized carbons (Fsp3) is 0.615. The number of hydrogen-bond acceptors (Lipinski definition) is 3. The molecule has 2 N–H and O–H groups in total. The Morgan fingerprint density at radius 2 is 2.12 bits per heavy atom. The first-order chi connectivity index (χ1) is 7.63. The van der Waals surface area contributed by atoms with E-state index in [1.54, 1.807) is 6.20 Å². The van der Waals surface area contributed by atoms with E-state index in [2.05, 4.69) is 23.7 Å². The molecule has 2 heterocycles. The first-order valence-corrected chi connectivity index (χ1v) is 6.09. The fourth-order valence-electron chi connectivity index (χ4n) is 2.24. The van der Waals surface area contributed by atoms with Gasteiger partial charge in [0.2, 0.25) is 0 Å². The van der Waals surface area contributed by atoms with Crippen LogP contribution in [-0.2, 0) is 0 Å².